The first-order chi connectivity index (χ1) is 13.5. The number of quaternary nitrogens is 1. The van der Waals surface area contributed by atoms with E-state index in [0.717, 1.165) is 12.1 Å². The van der Waals surface area contributed by atoms with Gasteiger partial charge in [-0.1, -0.05) is 6.07 Å². The van der Waals surface area contributed by atoms with Crippen LogP contribution in [0.2, 0.25) is 0 Å². The lowest BCUT2D eigenvalue weighted by Crippen LogP contribution is -2.80. The van der Waals surface area contributed by atoms with Crippen molar-refractivity contribution >= 4 is 5.78 Å². The molecule has 5 nitrogen and oxygen atoms in total. The molecule has 6 rings (SSSR count). The Bertz CT molecular complexity index is 981. The van der Waals surface area contributed by atoms with Crippen molar-refractivity contribution in [3.05, 3.63) is 23.3 Å². The number of hydrogen-bond acceptors (Lipinski definition) is 4. The van der Waals surface area contributed by atoms with Gasteiger partial charge in [-0.25, -0.2) is 0 Å². The summed E-state index contributed by atoms with van der Waals surface area (Å²) in [6.07, 6.45) is -1.72. The summed E-state index contributed by atoms with van der Waals surface area (Å²) in [5, 5.41) is 22.8. The zero-order valence-electron chi connectivity index (χ0n) is 17.9. The number of ketones is 1. The van der Waals surface area contributed by atoms with Crippen LogP contribution in [0.1, 0.15) is 47.3 Å². The van der Waals surface area contributed by atoms with Gasteiger partial charge in [0, 0.05) is 33.4 Å². The monoisotopic (exact) mass is 359 g/mol. The van der Waals surface area contributed by atoms with Crippen LogP contribution in [0.15, 0.2) is 12.1 Å². The highest BCUT2D eigenvalue weighted by Gasteiger charge is 2.76. The lowest BCUT2D eigenvalue weighted by molar-refractivity contribution is -0.950. The Morgan fingerprint density at radius 2 is 2.23 bits per heavy atom. The van der Waals surface area contributed by atoms with Gasteiger partial charge in [0.1, 0.15) is 11.6 Å². The van der Waals surface area contributed by atoms with Crippen LogP contribution in [0.3, 0.4) is 0 Å². The van der Waals surface area contributed by atoms with Gasteiger partial charge in [0.25, 0.3) is 0 Å². The van der Waals surface area contributed by atoms with Crippen LogP contribution in [0.5, 0.6) is 11.5 Å². The van der Waals surface area contributed by atoms with Gasteiger partial charge < -0.3 is 19.4 Å². The van der Waals surface area contributed by atoms with Crippen molar-refractivity contribution in [1.82, 2.24) is 0 Å². The van der Waals surface area contributed by atoms with E-state index in [1.165, 1.54) is 18.9 Å². The molecule has 2 N–H and O–H groups in total. The second-order valence-electron chi connectivity index (χ2n) is 9.19. The molecule has 1 aromatic carbocycles. The number of likely N-dealkylation sites (tertiary alicyclic amines) is 1. The summed E-state index contributed by atoms with van der Waals surface area (Å²) in [5.74, 6) is -0.403. The average Bonchev–Trinajstić information content (AvgIpc) is 3.37. The number of hydrogen-bond donors (Lipinski definition) is 2. The van der Waals surface area contributed by atoms with Gasteiger partial charge in [-0.3, -0.25) is 4.79 Å². The van der Waals surface area contributed by atoms with Gasteiger partial charge in [0.2, 0.25) is 0 Å². The Labute approximate surface area is 157 Å². The van der Waals surface area contributed by atoms with Crippen LogP contribution in [0.25, 0.3) is 0 Å². The molecule has 26 heavy (non-hydrogen) atoms. The van der Waals surface area contributed by atoms with Crippen molar-refractivity contribution in [3.8, 4) is 11.5 Å². The van der Waals surface area contributed by atoms with E-state index in [1.807, 2.05) is 6.07 Å². The molecule has 1 aromatic rings. The molecular formula is C21H26NO4+. The standard InChI is InChI=1S/C21H25NO4/c1-22(11-12-2-3-12)9-8-20-17-13-4-5-14(23)18(17)26-19(20)15(24)6-7-21(20,25)16(22)10-13/h4-5,12,16,19,25H,2-3,6-11H2,1H3/p+1/t16?,19-,20?,21-,22?/m0/s1/i6D2,19D. The molecule has 1 spiro atoms. The Morgan fingerprint density at radius 3 is 3.00 bits per heavy atom. The highest BCUT2D eigenvalue weighted by molar-refractivity contribution is 5.90. The number of benzene rings is 1. The van der Waals surface area contributed by atoms with Gasteiger partial charge in [-0.15, -0.1) is 0 Å². The number of nitrogens with zero attached hydrogens (tertiary/aromatic N) is 1. The number of phenolic OH excluding ortho intramolecular Hbond substituents is 1. The summed E-state index contributed by atoms with van der Waals surface area (Å²) in [7, 11) is 2.13. The predicted octanol–water partition coefficient (Wildman–Crippen LogP) is 1.67. The van der Waals surface area contributed by atoms with Crippen LogP contribution >= 0.6 is 0 Å². The predicted molar refractivity (Wildman–Crippen MR) is 94.1 cm³/mol. The summed E-state index contributed by atoms with van der Waals surface area (Å²) in [4.78, 5) is 13.2. The van der Waals surface area contributed by atoms with E-state index in [4.69, 9.17) is 8.85 Å². The maximum atomic E-state index is 13.2. The van der Waals surface area contributed by atoms with Gasteiger partial charge in [0.05, 0.1) is 26.9 Å². The number of aliphatic hydroxyl groups is 1. The Kier molecular flexibility index (Phi) is 2.18. The van der Waals surface area contributed by atoms with E-state index < -0.39 is 29.3 Å². The van der Waals surface area contributed by atoms with E-state index in [2.05, 4.69) is 7.05 Å². The smallest absolute Gasteiger partial charge is 0.174 e. The van der Waals surface area contributed by atoms with Gasteiger partial charge in [0.15, 0.2) is 23.4 Å². The van der Waals surface area contributed by atoms with Crippen molar-refractivity contribution in [1.29, 1.82) is 0 Å². The first-order valence-electron chi connectivity index (χ1n) is 11.1. The van der Waals surface area contributed by atoms with E-state index in [-0.39, 0.29) is 24.0 Å². The van der Waals surface area contributed by atoms with Crippen molar-refractivity contribution in [2.45, 2.75) is 61.6 Å². The molecule has 5 atom stereocenters. The van der Waals surface area contributed by atoms with E-state index in [9.17, 15) is 15.0 Å². The average molecular weight is 359 g/mol. The summed E-state index contributed by atoms with van der Waals surface area (Å²) in [6, 6.07) is 3.02. The molecule has 1 saturated heterocycles. The van der Waals surface area contributed by atoms with Crippen LogP contribution in [-0.2, 0) is 16.6 Å². The van der Waals surface area contributed by atoms with Crippen LogP contribution in [-0.4, -0.2) is 58.3 Å². The molecule has 2 heterocycles. The molecule has 3 fully saturated rings. The lowest BCUT2D eigenvalue weighted by Gasteiger charge is -2.64. The molecule has 5 heteroatoms. The largest absolute Gasteiger partial charge is 0.504 e. The number of Topliss-reactive ketones (excluding diaryl/α,β-unsaturated/α-hetero) is 1. The fourth-order valence-corrected chi connectivity index (χ4v) is 6.41. The molecular weight excluding hydrogens is 330 g/mol. The highest BCUT2D eigenvalue weighted by atomic mass is 16.5. The van der Waals surface area contributed by atoms with Gasteiger partial charge in [-0.05, 0) is 30.9 Å². The zero-order valence-corrected chi connectivity index (χ0v) is 14.9. The highest BCUT2D eigenvalue weighted by Crippen LogP contribution is 2.65. The normalized spacial score (nSPS) is 51.7. The Balaban J connectivity index is 1.66. The Morgan fingerprint density at radius 1 is 1.42 bits per heavy atom. The minimum atomic E-state index is -2.37. The SMILES string of the molecule is [2H]C1([2H])C[C@]2(O)C3Cc4ccc(O)c5c4C2(CC[N+]3(C)CC2CC2)[C@@]([2H])(O5)C1=O. The van der Waals surface area contributed by atoms with Gasteiger partial charge >= 0.3 is 0 Å². The van der Waals surface area contributed by atoms with Gasteiger partial charge in [-0.2, -0.15) is 0 Å². The maximum absolute atomic E-state index is 13.2. The number of phenols is 1. The number of ether oxygens (including phenoxy) is 1. The van der Waals surface area contributed by atoms with Crippen LogP contribution < -0.4 is 4.74 Å². The molecule has 3 unspecified atom stereocenters. The topological polar surface area (TPSA) is 66.8 Å². The molecule has 0 amide bonds. The number of piperidine rings is 1. The number of likely N-dealkylation sites (N-methyl/N-ethyl adjacent to an activating group) is 1. The second kappa shape index (κ2) is 4.45. The first-order valence-corrected chi connectivity index (χ1v) is 9.64. The zero-order chi connectivity index (χ0) is 20.6. The maximum Gasteiger partial charge on any atom is 0.174 e. The third-order valence-electron chi connectivity index (χ3n) is 7.79. The molecule has 0 aromatic heterocycles. The fraction of sp³-hybridized carbons (Fsp3) is 0.667. The second-order valence-corrected chi connectivity index (χ2v) is 9.19. The summed E-state index contributed by atoms with van der Waals surface area (Å²) < 4.78 is 32.4. The van der Waals surface area contributed by atoms with E-state index in [1.54, 1.807) is 0 Å². The number of carbonyl (C=O) groups is 1. The summed E-state index contributed by atoms with van der Waals surface area (Å²) >= 11 is 0. The number of aromatic hydroxyl groups is 1. The minimum absolute atomic E-state index is 0.0821. The first kappa shape index (κ1) is 12.7. The van der Waals surface area contributed by atoms with Crippen molar-refractivity contribution < 1.29 is 28.3 Å². The van der Waals surface area contributed by atoms with Crippen molar-refractivity contribution in [2.75, 3.05) is 20.1 Å². The molecule has 2 saturated carbocycles. The molecule has 2 aliphatic heterocycles. The number of carbonyl (C=O) groups excluding carboxylic acids is 1. The Hall–Kier alpha value is -1.59. The minimum Gasteiger partial charge on any atom is -0.504 e. The fourth-order valence-electron chi connectivity index (χ4n) is 6.41. The molecule has 2 bridgehead atoms. The molecule has 138 valence electrons. The third-order valence-corrected chi connectivity index (χ3v) is 7.79. The number of rotatable bonds is 2. The van der Waals surface area contributed by atoms with Crippen molar-refractivity contribution in [2.24, 2.45) is 5.92 Å². The van der Waals surface area contributed by atoms with Crippen LogP contribution in [0, 0.1) is 5.92 Å². The molecule has 3 aliphatic carbocycles. The summed E-state index contributed by atoms with van der Waals surface area (Å²) in [5.41, 5.74) is -1.49. The van der Waals surface area contributed by atoms with E-state index in [0.29, 0.717) is 35.4 Å². The van der Waals surface area contributed by atoms with E-state index >= 15 is 0 Å². The van der Waals surface area contributed by atoms with Crippen LogP contribution in [0.4, 0.5) is 0 Å². The summed E-state index contributed by atoms with van der Waals surface area (Å²) in [6.45, 7) is 1.62. The molecule has 5 aliphatic rings. The lowest BCUT2D eigenvalue weighted by atomic mass is 9.48. The van der Waals surface area contributed by atoms with Crippen molar-refractivity contribution in [3.63, 3.8) is 0 Å². The molecule has 0 radical (unpaired) electrons. The quantitative estimate of drug-likeness (QED) is 0.789. The third kappa shape index (κ3) is 1.55.